The van der Waals surface area contributed by atoms with Gasteiger partial charge in [0.1, 0.15) is 11.0 Å². The van der Waals surface area contributed by atoms with Gasteiger partial charge in [-0.2, -0.15) is 0 Å². The second kappa shape index (κ2) is 3.83. The van der Waals surface area contributed by atoms with Crippen LogP contribution in [0.5, 0.6) is 11.5 Å². The van der Waals surface area contributed by atoms with Crippen LogP contribution in [0.2, 0.25) is 0 Å². The van der Waals surface area contributed by atoms with E-state index in [1.165, 1.54) is 0 Å². The summed E-state index contributed by atoms with van der Waals surface area (Å²) in [6, 6.07) is 3.67. The highest BCUT2D eigenvalue weighted by Crippen LogP contribution is 2.36. The molecule has 2 rings (SSSR count). The Hall–Kier alpha value is -1.07. The molecule has 0 aliphatic carbocycles. The van der Waals surface area contributed by atoms with Crippen molar-refractivity contribution in [2.24, 2.45) is 0 Å². The Morgan fingerprint density at radius 1 is 1.27 bits per heavy atom. The summed E-state index contributed by atoms with van der Waals surface area (Å²) in [6.07, 6.45) is 0. The third kappa shape index (κ3) is 1.61. The summed E-state index contributed by atoms with van der Waals surface area (Å²) in [5, 5.41) is 0. The Morgan fingerprint density at radius 3 is 2.47 bits per heavy atom. The van der Waals surface area contributed by atoms with Gasteiger partial charge in [-0.15, -0.1) is 0 Å². The van der Waals surface area contributed by atoms with Crippen LogP contribution in [0.15, 0.2) is 17.0 Å². The van der Waals surface area contributed by atoms with E-state index >= 15 is 0 Å². The largest absolute Gasteiger partial charge is 0.493 e. The summed E-state index contributed by atoms with van der Waals surface area (Å²) in [7, 11) is 3.93. The summed E-state index contributed by atoms with van der Waals surface area (Å²) in [5.74, 6) is 1.31. The number of hydrogen-bond acceptors (Lipinski definition) is 3. The summed E-state index contributed by atoms with van der Waals surface area (Å²) < 4.78 is 23.9. The van der Waals surface area contributed by atoms with Crippen molar-refractivity contribution in [2.45, 2.75) is 11.4 Å². The van der Waals surface area contributed by atoms with Crippen molar-refractivity contribution in [1.29, 1.82) is 0 Å². The lowest BCUT2D eigenvalue weighted by molar-refractivity contribution is 0.353. The molecule has 0 fully saturated rings. The average molecular weight is 227 g/mol. The van der Waals surface area contributed by atoms with Crippen LogP contribution in [0.3, 0.4) is 0 Å². The van der Waals surface area contributed by atoms with Crippen molar-refractivity contribution in [1.82, 2.24) is 4.31 Å². The summed E-state index contributed by atoms with van der Waals surface area (Å²) >= 11 is 0. The van der Waals surface area contributed by atoms with Gasteiger partial charge in [-0.1, -0.05) is 0 Å². The quantitative estimate of drug-likeness (QED) is 0.761. The fourth-order valence-electron chi connectivity index (χ4n) is 1.65. The molecule has 0 saturated heterocycles. The van der Waals surface area contributed by atoms with Crippen molar-refractivity contribution in [3.8, 4) is 11.5 Å². The van der Waals surface area contributed by atoms with Gasteiger partial charge in [0.15, 0.2) is 11.5 Å². The fraction of sp³-hybridized carbons (Fsp3) is 0.400. The molecule has 5 heteroatoms. The highest BCUT2D eigenvalue weighted by Gasteiger charge is 2.26. The Morgan fingerprint density at radius 2 is 1.87 bits per heavy atom. The third-order valence-electron chi connectivity index (χ3n) is 2.43. The van der Waals surface area contributed by atoms with Crippen LogP contribution in [0.4, 0.5) is 0 Å². The highest BCUT2D eigenvalue weighted by atomic mass is 32.2. The maximum Gasteiger partial charge on any atom is 0.161 e. The van der Waals surface area contributed by atoms with Gasteiger partial charge in [0, 0.05) is 19.7 Å². The lowest BCUT2D eigenvalue weighted by Gasteiger charge is -2.08. The number of benzene rings is 1. The Labute approximate surface area is 91.4 Å². The van der Waals surface area contributed by atoms with Crippen molar-refractivity contribution in [3.05, 3.63) is 17.7 Å². The molecule has 0 amide bonds. The van der Waals surface area contributed by atoms with Crippen LogP contribution in [-0.2, 0) is 17.5 Å². The van der Waals surface area contributed by atoms with E-state index in [-0.39, 0.29) is 0 Å². The van der Waals surface area contributed by atoms with Crippen LogP contribution in [-0.4, -0.2) is 29.8 Å². The summed E-state index contributed by atoms with van der Waals surface area (Å²) in [4.78, 5) is 0.815. The maximum absolute atomic E-state index is 11.8. The van der Waals surface area contributed by atoms with E-state index in [1.807, 2.05) is 13.1 Å². The predicted molar refractivity (Wildman–Crippen MR) is 57.4 cm³/mol. The van der Waals surface area contributed by atoms with Gasteiger partial charge in [-0.05, 0) is 11.6 Å². The molecule has 0 radical (unpaired) electrons. The van der Waals surface area contributed by atoms with Crippen LogP contribution >= 0.6 is 0 Å². The number of ether oxygens (including phenoxy) is 2. The van der Waals surface area contributed by atoms with E-state index in [9.17, 15) is 4.21 Å². The molecule has 1 atom stereocenters. The van der Waals surface area contributed by atoms with E-state index in [1.54, 1.807) is 24.6 Å². The van der Waals surface area contributed by atoms with E-state index in [4.69, 9.17) is 9.47 Å². The second-order valence-electron chi connectivity index (χ2n) is 3.35. The third-order valence-corrected chi connectivity index (χ3v) is 3.88. The lowest BCUT2D eigenvalue weighted by Crippen LogP contribution is -2.11. The first-order valence-electron chi connectivity index (χ1n) is 4.55. The smallest absolute Gasteiger partial charge is 0.161 e. The zero-order chi connectivity index (χ0) is 11.0. The van der Waals surface area contributed by atoms with Crippen molar-refractivity contribution >= 4 is 11.0 Å². The molecule has 1 heterocycles. The summed E-state index contributed by atoms with van der Waals surface area (Å²) in [5.41, 5.74) is 1.04. The number of hydrogen-bond donors (Lipinski definition) is 0. The monoisotopic (exact) mass is 227 g/mol. The average Bonchev–Trinajstić information content (AvgIpc) is 2.53. The molecule has 0 N–H and O–H groups in total. The Balaban J connectivity index is 2.53. The molecular weight excluding hydrogens is 214 g/mol. The normalized spacial score (nSPS) is 20.1. The zero-order valence-electron chi connectivity index (χ0n) is 8.94. The number of nitrogens with zero attached hydrogens (tertiary/aromatic N) is 1. The minimum Gasteiger partial charge on any atom is -0.493 e. The van der Waals surface area contributed by atoms with Crippen LogP contribution in [0.25, 0.3) is 0 Å². The lowest BCUT2D eigenvalue weighted by atomic mass is 10.2. The van der Waals surface area contributed by atoms with Crippen LogP contribution < -0.4 is 9.47 Å². The molecular formula is C10H13NO3S. The van der Waals surface area contributed by atoms with E-state index < -0.39 is 11.0 Å². The number of rotatable bonds is 2. The molecule has 0 aromatic heterocycles. The van der Waals surface area contributed by atoms with Crippen molar-refractivity contribution < 1.29 is 13.7 Å². The van der Waals surface area contributed by atoms with E-state index in [2.05, 4.69) is 0 Å². The van der Waals surface area contributed by atoms with Crippen LogP contribution in [0, 0.1) is 0 Å². The molecule has 1 aliphatic heterocycles. The first-order valence-corrected chi connectivity index (χ1v) is 5.66. The molecule has 15 heavy (non-hydrogen) atoms. The predicted octanol–water partition coefficient (Wildman–Crippen LogP) is 1.17. The second-order valence-corrected chi connectivity index (χ2v) is 4.91. The Kier molecular flexibility index (Phi) is 2.67. The van der Waals surface area contributed by atoms with Gasteiger partial charge in [-0.3, -0.25) is 0 Å². The van der Waals surface area contributed by atoms with Crippen LogP contribution in [0.1, 0.15) is 5.56 Å². The molecule has 1 aromatic carbocycles. The molecule has 1 aliphatic rings. The molecule has 0 bridgehead atoms. The highest BCUT2D eigenvalue weighted by molar-refractivity contribution is 7.83. The maximum atomic E-state index is 11.8. The molecule has 0 saturated carbocycles. The zero-order valence-corrected chi connectivity index (χ0v) is 9.76. The van der Waals surface area contributed by atoms with E-state index in [0.717, 1.165) is 10.5 Å². The minimum atomic E-state index is -1.07. The number of methoxy groups -OCH3 is 2. The summed E-state index contributed by atoms with van der Waals surface area (Å²) in [6.45, 7) is 0.683. The fourth-order valence-corrected chi connectivity index (χ4v) is 2.80. The van der Waals surface area contributed by atoms with Gasteiger partial charge in [0.25, 0.3) is 0 Å². The van der Waals surface area contributed by atoms with E-state index in [0.29, 0.717) is 18.0 Å². The first-order chi connectivity index (χ1) is 7.17. The van der Waals surface area contributed by atoms with Crippen molar-refractivity contribution in [2.75, 3.05) is 21.3 Å². The molecule has 4 nitrogen and oxygen atoms in total. The molecule has 1 aromatic rings. The molecule has 0 spiro atoms. The molecule has 82 valence electrons. The van der Waals surface area contributed by atoms with Gasteiger partial charge in [-0.25, -0.2) is 8.51 Å². The van der Waals surface area contributed by atoms with Gasteiger partial charge in [0.05, 0.1) is 19.1 Å². The van der Waals surface area contributed by atoms with Gasteiger partial charge in [0.2, 0.25) is 0 Å². The SMILES string of the molecule is COc1cc2c(cc1OC)S(=O)N(C)C2. The van der Waals surface area contributed by atoms with Crippen molar-refractivity contribution in [3.63, 3.8) is 0 Å². The Bertz CT molecular complexity index is 419. The topological polar surface area (TPSA) is 38.8 Å². The van der Waals surface area contributed by atoms with Gasteiger partial charge < -0.3 is 9.47 Å². The minimum absolute atomic E-state index is 0.625. The first kappa shape index (κ1) is 10.4. The standard InChI is InChI=1S/C10H13NO3S/c1-11-6-7-4-8(13-2)9(14-3)5-10(7)15(11)12/h4-5H,6H2,1-3H3. The molecule has 1 unspecified atom stereocenters. The number of fused-ring (bicyclic) bond motifs is 1. The van der Waals surface area contributed by atoms with Gasteiger partial charge >= 0.3 is 0 Å².